The van der Waals surface area contributed by atoms with Crippen LogP contribution in [0.1, 0.15) is 26.7 Å². The summed E-state index contributed by atoms with van der Waals surface area (Å²) in [6, 6.07) is -0.238. The van der Waals surface area contributed by atoms with Gasteiger partial charge >= 0.3 is 12.0 Å². The van der Waals surface area contributed by atoms with E-state index in [4.69, 9.17) is 5.11 Å². The normalized spacial score (nSPS) is 14.1. The number of hydrogen-bond acceptors (Lipinski definition) is 3. The van der Waals surface area contributed by atoms with Crippen molar-refractivity contribution in [3.63, 3.8) is 0 Å². The van der Waals surface area contributed by atoms with Crippen molar-refractivity contribution in [1.29, 1.82) is 0 Å². The van der Waals surface area contributed by atoms with E-state index in [-0.39, 0.29) is 18.6 Å². The van der Waals surface area contributed by atoms with Crippen molar-refractivity contribution in [1.82, 2.24) is 15.5 Å². The van der Waals surface area contributed by atoms with Gasteiger partial charge < -0.3 is 20.6 Å². The van der Waals surface area contributed by atoms with Gasteiger partial charge in [0.1, 0.15) is 0 Å². The van der Waals surface area contributed by atoms with Crippen molar-refractivity contribution in [3.8, 4) is 0 Å². The lowest BCUT2D eigenvalue weighted by Gasteiger charge is -2.18. The minimum absolute atomic E-state index is 0.0669. The molecule has 0 aliphatic rings. The van der Waals surface area contributed by atoms with E-state index in [1.54, 1.807) is 6.92 Å². The first-order valence-electron chi connectivity index (χ1n) is 6.28. The number of carboxylic acid groups (broad SMARTS) is 1. The first kappa shape index (κ1) is 16.7. The van der Waals surface area contributed by atoms with E-state index >= 15 is 0 Å². The predicted molar refractivity (Wildman–Crippen MR) is 70.6 cm³/mol. The molecule has 0 fully saturated rings. The van der Waals surface area contributed by atoms with Gasteiger partial charge in [-0.05, 0) is 40.4 Å². The molecule has 6 nitrogen and oxygen atoms in total. The fourth-order valence-electron chi connectivity index (χ4n) is 1.42. The van der Waals surface area contributed by atoms with Crippen molar-refractivity contribution in [2.24, 2.45) is 5.92 Å². The van der Waals surface area contributed by atoms with Gasteiger partial charge in [-0.15, -0.1) is 0 Å². The highest BCUT2D eigenvalue weighted by Crippen LogP contribution is 2.00. The van der Waals surface area contributed by atoms with Gasteiger partial charge in [0, 0.05) is 12.6 Å². The van der Waals surface area contributed by atoms with Crippen molar-refractivity contribution in [3.05, 3.63) is 0 Å². The molecule has 0 aromatic heterocycles. The van der Waals surface area contributed by atoms with Gasteiger partial charge in [-0.3, -0.25) is 4.79 Å². The van der Waals surface area contributed by atoms with Crippen LogP contribution in [-0.2, 0) is 4.79 Å². The number of amides is 2. The lowest BCUT2D eigenvalue weighted by molar-refractivity contribution is -0.141. The molecule has 2 unspecified atom stereocenters. The summed E-state index contributed by atoms with van der Waals surface area (Å²) in [5, 5.41) is 14.2. The van der Waals surface area contributed by atoms with Crippen LogP contribution in [0.3, 0.4) is 0 Å². The van der Waals surface area contributed by atoms with Crippen LogP contribution in [0.5, 0.6) is 0 Å². The Bertz CT molecular complexity index is 269. The maximum Gasteiger partial charge on any atom is 0.315 e. The zero-order valence-corrected chi connectivity index (χ0v) is 11.7. The Morgan fingerprint density at radius 3 is 2.39 bits per heavy atom. The Hall–Kier alpha value is -1.30. The molecule has 0 saturated carbocycles. The van der Waals surface area contributed by atoms with Gasteiger partial charge in [-0.25, -0.2) is 4.79 Å². The zero-order chi connectivity index (χ0) is 14.1. The van der Waals surface area contributed by atoms with E-state index in [1.165, 1.54) is 0 Å². The first-order chi connectivity index (χ1) is 8.36. The van der Waals surface area contributed by atoms with Gasteiger partial charge in [-0.2, -0.15) is 0 Å². The quantitative estimate of drug-likeness (QED) is 0.600. The Morgan fingerprint density at radius 1 is 1.33 bits per heavy atom. The van der Waals surface area contributed by atoms with Crippen LogP contribution < -0.4 is 10.6 Å². The molecule has 0 rings (SSSR count). The third-order valence-electron chi connectivity index (χ3n) is 2.74. The van der Waals surface area contributed by atoms with Crippen LogP contribution in [0.15, 0.2) is 0 Å². The Kier molecular flexibility index (Phi) is 8.11. The molecule has 106 valence electrons. The second kappa shape index (κ2) is 8.74. The van der Waals surface area contributed by atoms with Crippen molar-refractivity contribution in [2.75, 3.05) is 27.2 Å². The van der Waals surface area contributed by atoms with Gasteiger partial charge in [0.05, 0.1) is 5.92 Å². The molecule has 0 spiro atoms. The smallest absolute Gasteiger partial charge is 0.315 e. The molecule has 0 heterocycles. The SMILES string of the molecule is CCC(CNC(=O)NC(C)CCN(C)C)C(=O)O. The number of carboxylic acids is 1. The molecule has 6 heteroatoms. The zero-order valence-electron chi connectivity index (χ0n) is 11.7. The molecule has 3 N–H and O–H groups in total. The van der Waals surface area contributed by atoms with E-state index in [0.717, 1.165) is 13.0 Å². The number of nitrogens with zero attached hydrogens (tertiary/aromatic N) is 1. The fraction of sp³-hybridized carbons (Fsp3) is 0.833. The molecule has 0 saturated heterocycles. The standard InChI is InChI=1S/C12H25N3O3/c1-5-10(11(16)17)8-13-12(18)14-9(2)6-7-15(3)4/h9-10H,5-8H2,1-4H3,(H,16,17)(H2,13,14,18). The third-order valence-corrected chi connectivity index (χ3v) is 2.74. The number of aliphatic carboxylic acids is 1. The summed E-state index contributed by atoms with van der Waals surface area (Å²) in [6.45, 7) is 4.78. The average molecular weight is 259 g/mol. The van der Waals surface area contributed by atoms with Crippen molar-refractivity contribution >= 4 is 12.0 Å². The highest BCUT2D eigenvalue weighted by atomic mass is 16.4. The highest BCUT2D eigenvalue weighted by molar-refractivity contribution is 5.76. The largest absolute Gasteiger partial charge is 0.481 e. The van der Waals surface area contributed by atoms with Gasteiger partial charge in [-0.1, -0.05) is 6.92 Å². The van der Waals surface area contributed by atoms with Crippen LogP contribution in [0.2, 0.25) is 0 Å². The summed E-state index contributed by atoms with van der Waals surface area (Å²) in [5.41, 5.74) is 0. The maximum atomic E-state index is 11.5. The van der Waals surface area contributed by atoms with E-state index < -0.39 is 11.9 Å². The van der Waals surface area contributed by atoms with Crippen LogP contribution >= 0.6 is 0 Å². The van der Waals surface area contributed by atoms with Gasteiger partial charge in [0.25, 0.3) is 0 Å². The van der Waals surface area contributed by atoms with Crippen LogP contribution in [0, 0.1) is 5.92 Å². The molecule has 2 amide bonds. The molecule has 0 aliphatic heterocycles. The number of carbonyl (C=O) groups excluding carboxylic acids is 1. The number of nitrogens with one attached hydrogen (secondary N) is 2. The predicted octanol–water partition coefficient (Wildman–Crippen LogP) is 0.737. The molecule has 0 aromatic carbocycles. The topological polar surface area (TPSA) is 81.7 Å². The first-order valence-corrected chi connectivity index (χ1v) is 6.28. The van der Waals surface area contributed by atoms with E-state index in [2.05, 4.69) is 10.6 Å². The molecule has 18 heavy (non-hydrogen) atoms. The lowest BCUT2D eigenvalue weighted by atomic mass is 10.1. The summed E-state index contributed by atoms with van der Waals surface area (Å²) in [7, 11) is 3.96. The number of urea groups is 1. The summed E-state index contributed by atoms with van der Waals surface area (Å²) < 4.78 is 0. The van der Waals surface area contributed by atoms with Gasteiger partial charge in [0.2, 0.25) is 0 Å². The molecule has 0 aliphatic carbocycles. The van der Waals surface area contributed by atoms with E-state index in [0.29, 0.717) is 6.42 Å². The minimum Gasteiger partial charge on any atom is -0.481 e. The Morgan fingerprint density at radius 2 is 1.94 bits per heavy atom. The minimum atomic E-state index is -0.876. The lowest BCUT2D eigenvalue weighted by Crippen LogP contribution is -2.44. The number of hydrogen-bond donors (Lipinski definition) is 3. The van der Waals surface area contributed by atoms with Crippen molar-refractivity contribution in [2.45, 2.75) is 32.7 Å². The van der Waals surface area contributed by atoms with Crippen molar-refractivity contribution < 1.29 is 14.7 Å². The molecule has 0 radical (unpaired) electrons. The Balaban J connectivity index is 3.86. The van der Waals surface area contributed by atoms with Gasteiger partial charge in [0.15, 0.2) is 0 Å². The third kappa shape index (κ3) is 7.89. The second-order valence-electron chi connectivity index (χ2n) is 4.79. The van der Waals surface area contributed by atoms with Crippen LogP contribution in [0.25, 0.3) is 0 Å². The summed E-state index contributed by atoms with van der Waals surface area (Å²) in [6.07, 6.45) is 1.36. The second-order valence-corrected chi connectivity index (χ2v) is 4.79. The molecular formula is C12H25N3O3. The fourth-order valence-corrected chi connectivity index (χ4v) is 1.42. The molecule has 0 bridgehead atoms. The van der Waals surface area contributed by atoms with E-state index in [1.807, 2.05) is 25.9 Å². The highest BCUT2D eigenvalue weighted by Gasteiger charge is 2.16. The Labute approximate surface area is 109 Å². The number of rotatable bonds is 8. The van der Waals surface area contributed by atoms with Crippen LogP contribution in [-0.4, -0.2) is 55.2 Å². The summed E-state index contributed by atoms with van der Waals surface area (Å²) in [4.78, 5) is 24.3. The average Bonchev–Trinajstić information content (AvgIpc) is 2.26. The molecule has 2 atom stereocenters. The molecular weight excluding hydrogens is 234 g/mol. The summed E-state index contributed by atoms with van der Waals surface area (Å²) in [5.74, 6) is -1.40. The summed E-state index contributed by atoms with van der Waals surface area (Å²) >= 11 is 0. The van der Waals surface area contributed by atoms with E-state index in [9.17, 15) is 9.59 Å². The molecule has 0 aromatic rings. The number of carbonyl (C=O) groups is 2. The van der Waals surface area contributed by atoms with Crippen LogP contribution in [0.4, 0.5) is 4.79 Å². The maximum absolute atomic E-state index is 11.5. The monoisotopic (exact) mass is 259 g/mol.